The number of carbonyl (C=O) groups excluding carboxylic acids is 1. The highest BCUT2D eigenvalue weighted by atomic mass is 127. The van der Waals surface area contributed by atoms with Gasteiger partial charge in [0.05, 0.1) is 16.2 Å². The summed E-state index contributed by atoms with van der Waals surface area (Å²) in [5.74, 6) is -1.02. The van der Waals surface area contributed by atoms with E-state index in [1.807, 2.05) is 6.07 Å². The van der Waals surface area contributed by atoms with Gasteiger partial charge in [-0.15, -0.1) is 0 Å². The smallest absolute Gasteiger partial charge is 0.335 e. The quantitative estimate of drug-likeness (QED) is 0.274. The van der Waals surface area contributed by atoms with Gasteiger partial charge in [-0.1, -0.05) is 45.9 Å². The zero-order valence-electron chi connectivity index (χ0n) is 19.1. The van der Waals surface area contributed by atoms with Gasteiger partial charge in [-0.05, 0) is 81.2 Å². The molecule has 0 bridgehead atoms. The molecule has 0 saturated carbocycles. The first kappa shape index (κ1) is 24.3. The maximum atomic E-state index is 12.1. The Morgan fingerprint density at radius 1 is 1.00 bits per heavy atom. The largest absolute Gasteiger partial charge is 0.488 e. The fraction of sp³-hybridized carbons (Fsp3) is 0.385. The molecular formula is C26H29IO5. The van der Waals surface area contributed by atoms with E-state index < -0.39 is 11.9 Å². The Bertz CT molecular complexity index is 1080. The van der Waals surface area contributed by atoms with Gasteiger partial charge in [-0.2, -0.15) is 0 Å². The van der Waals surface area contributed by atoms with E-state index in [9.17, 15) is 14.7 Å². The number of carboxylic acids is 1. The van der Waals surface area contributed by atoms with Crippen LogP contribution in [0.15, 0.2) is 42.5 Å². The van der Waals surface area contributed by atoms with Crippen molar-refractivity contribution in [1.82, 2.24) is 0 Å². The second kappa shape index (κ2) is 9.25. The highest BCUT2D eigenvalue weighted by Gasteiger charge is 2.37. The van der Waals surface area contributed by atoms with E-state index in [2.05, 4.69) is 62.4 Å². The molecule has 1 N–H and O–H groups in total. The van der Waals surface area contributed by atoms with Crippen LogP contribution in [0.3, 0.4) is 0 Å². The van der Waals surface area contributed by atoms with Gasteiger partial charge in [0.15, 0.2) is 0 Å². The van der Waals surface area contributed by atoms with E-state index in [0.29, 0.717) is 11.3 Å². The van der Waals surface area contributed by atoms with Crippen molar-refractivity contribution in [2.24, 2.45) is 0 Å². The van der Waals surface area contributed by atoms with Crippen LogP contribution in [0.5, 0.6) is 5.75 Å². The van der Waals surface area contributed by atoms with E-state index in [1.165, 1.54) is 36.4 Å². The number of aromatic carboxylic acids is 1. The monoisotopic (exact) mass is 548 g/mol. The first-order chi connectivity index (χ1) is 14.9. The summed E-state index contributed by atoms with van der Waals surface area (Å²) in [6, 6.07) is 11.1. The van der Waals surface area contributed by atoms with Crippen LogP contribution in [0, 0.1) is 3.57 Å². The molecule has 32 heavy (non-hydrogen) atoms. The Hall–Kier alpha value is -2.35. The number of carbonyl (C=O) groups is 2. The third-order valence-electron chi connectivity index (χ3n) is 6.28. The average Bonchev–Trinajstić information content (AvgIpc) is 2.74. The molecule has 0 atom stereocenters. The molecule has 0 aromatic heterocycles. The Balaban J connectivity index is 2.00. The van der Waals surface area contributed by atoms with Crippen LogP contribution in [0.2, 0.25) is 0 Å². The van der Waals surface area contributed by atoms with Crippen LogP contribution >= 0.6 is 22.6 Å². The molecule has 170 valence electrons. The number of hydrogen-bond acceptors (Lipinski definition) is 4. The van der Waals surface area contributed by atoms with Gasteiger partial charge in [0, 0.05) is 11.6 Å². The lowest BCUT2D eigenvalue weighted by Crippen LogP contribution is -2.33. The minimum absolute atomic E-state index is 0.0310. The summed E-state index contributed by atoms with van der Waals surface area (Å²) in [4.78, 5) is 23.4. The van der Waals surface area contributed by atoms with Crippen molar-refractivity contribution < 1.29 is 24.2 Å². The van der Waals surface area contributed by atoms with E-state index in [4.69, 9.17) is 9.47 Å². The molecule has 0 radical (unpaired) electrons. The summed E-state index contributed by atoms with van der Waals surface area (Å²) in [5, 5.41) is 9.28. The Labute approximate surface area is 203 Å². The van der Waals surface area contributed by atoms with Gasteiger partial charge in [-0.25, -0.2) is 9.59 Å². The summed E-state index contributed by atoms with van der Waals surface area (Å²) in [5.41, 5.74) is 4.46. The highest BCUT2D eigenvalue weighted by molar-refractivity contribution is 14.1. The summed E-state index contributed by atoms with van der Waals surface area (Å²) < 4.78 is 11.6. The van der Waals surface area contributed by atoms with Gasteiger partial charge in [0.1, 0.15) is 12.4 Å². The number of benzene rings is 2. The van der Waals surface area contributed by atoms with Crippen LogP contribution in [0.4, 0.5) is 0 Å². The topological polar surface area (TPSA) is 72.8 Å². The van der Waals surface area contributed by atoms with E-state index in [-0.39, 0.29) is 23.0 Å². The number of hydrogen-bond donors (Lipinski definition) is 1. The lowest BCUT2D eigenvalue weighted by molar-refractivity contribution is -0.134. The van der Waals surface area contributed by atoms with Gasteiger partial charge in [-0.3, -0.25) is 0 Å². The molecular weight excluding hydrogens is 519 g/mol. The van der Waals surface area contributed by atoms with Crippen molar-refractivity contribution in [1.29, 1.82) is 0 Å². The van der Waals surface area contributed by atoms with E-state index >= 15 is 0 Å². The van der Waals surface area contributed by atoms with Gasteiger partial charge in [0.25, 0.3) is 0 Å². The molecule has 3 rings (SSSR count). The number of fused-ring (bicyclic) bond motifs is 1. The minimum atomic E-state index is -1.02. The zero-order chi connectivity index (χ0) is 23.7. The molecule has 0 aliphatic heterocycles. The lowest BCUT2D eigenvalue weighted by atomic mass is 9.63. The molecule has 2 aromatic rings. The SMILES string of the molecule is COC(=O)C=C(COc1cc(C(=O)O)ccc1I)c1ccc2c(c1)C(C)(C)CCC2(C)C. The Kier molecular flexibility index (Phi) is 7.03. The summed E-state index contributed by atoms with van der Waals surface area (Å²) in [7, 11) is 1.34. The number of rotatable bonds is 6. The molecule has 0 spiro atoms. The number of esters is 1. The zero-order valence-corrected chi connectivity index (χ0v) is 21.3. The van der Waals surface area contributed by atoms with Crippen LogP contribution in [0.25, 0.3) is 5.57 Å². The van der Waals surface area contributed by atoms with Gasteiger partial charge >= 0.3 is 11.9 Å². The van der Waals surface area contributed by atoms with Crippen LogP contribution < -0.4 is 4.74 Å². The van der Waals surface area contributed by atoms with Crippen molar-refractivity contribution >= 4 is 40.1 Å². The van der Waals surface area contributed by atoms with Crippen molar-refractivity contribution in [3.63, 3.8) is 0 Å². The predicted octanol–water partition coefficient (Wildman–Crippen LogP) is 5.97. The first-order valence-electron chi connectivity index (χ1n) is 10.5. The fourth-order valence-electron chi connectivity index (χ4n) is 4.10. The summed E-state index contributed by atoms with van der Waals surface area (Å²) in [6.45, 7) is 9.16. The second-order valence-electron chi connectivity index (χ2n) is 9.46. The van der Waals surface area contributed by atoms with Crippen molar-refractivity contribution in [3.8, 4) is 5.75 Å². The van der Waals surface area contributed by atoms with Gasteiger partial charge in [0.2, 0.25) is 0 Å². The molecule has 5 nitrogen and oxygen atoms in total. The average molecular weight is 548 g/mol. The fourth-order valence-corrected chi connectivity index (χ4v) is 4.59. The minimum Gasteiger partial charge on any atom is -0.488 e. The number of carboxylic acid groups (broad SMARTS) is 1. The lowest BCUT2D eigenvalue weighted by Gasteiger charge is -2.42. The van der Waals surface area contributed by atoms with Crippen molar-refractivity contribution in [2.75, 3.05) is 13.7 Å². The second-order valence-corrected chi connectivity index (χ2v) is 10.6. The molecule has 1 aliphatic rings. The van der Waals surface area contributed by atoms with Crippen LogP contribution in [-0.4, -0.2) is 30.8 Å². The predicted molar refractivity (Wildman–Crippen MR) is 133 cm³/mol. The normalized spacial score (nSPS) is 16.8. The standard InChI is InChI=1S/C26H29IO5/c1-25(2)10-11-26(3,4)20-12-16(6-8-19(20)25)18(14-23(28)31-5)15-32-22-13-17(24(29)30)7-9-21(22)27/h6-9,12-14H,10-11,15H2,1-5H3,(H,29,30). The molecule has 0 fully saturated rings. The molecule has 6 heteroatoms. The summed E-state index contributed by atoms with van der Waals surface area (Å²) >= 11 is 2.10. The Morgan fingerprint density at radius 2 is 1.62 bits per heavy atom. The highest BCUT2D eigenvalue weighted by Crippen LogP contribution is 2.46. The van der Waals surface area contributed by atoms with Crippen LogP contribution in [0.1, 0.15) is 67.6 Å². The van der Waals surface area contributed by atoms with E-state index in [1.54, 1.807) is 6.07 Å². The number of ether oxygens (including phenoxy) is 2. The third-order valence-corrected chi connectivity index (χ3v) is 7.17. The third kappa shape index (κ3) is 5.17. The molecule has 0 unspecified atom stereocenters. The Morgan fingerprint density at radius 3 is 2.25 bits per heavy atom. The number of methoxy groups -OCH3 is 1. The maximum absolute atomic E-state index is 12.1. The van der Waals surface area contributed by atoms with Crippen molar-refractivity contribution in [2.45, 2.75) is 51.4 Å². The van der Waals surface area contributed by atoms with Crippen molar-refractivity contribution in [3.05, 3.63) is 68.3 Å². The summed E-state index contributed by atoms with van der Waals surface area (Å²) in [6.07, 6.45) is 3.65. The maximum Gasteiger partial charge on any atom is 0.335 e. The molecule has 0 saturated heterocycles. The molecule has 2 aromatic carbocycles. The van der Waals surface area contributed by atoms with Crippen LogP contribution in [-0.2, 0) is 20.4 Å². The number of halogens is 1. The van der Waals surface area contributed by atoms with E-state index in [0.717, 1.165) is 22.0 Å². The van der Waals surface area contributed by atoms with Gasteiger partial charge < -0.3 is 14.6 Å². The molecule has 0 heterocycles. The molecule has 1 aliphatic carbocycles. The first-order valence-corrected chi connectivity index (χ1v) is 11.6. The molecule has 0 amide bonds.